The van der Waals surface area contributed by atoms with Crippen LogP contribution in [-0.2, 0) is 9.84 Å². The Kier molecular flexibility index (Phi) is 5.87. The van der Waals surface area contributed by atoms with Crippen molar-refractivity contribution in [2.24, 2.45) is 0 Å². The van der Waals surface area contributed by atoms with Crippen molar-refractivity contribution in [1.29, 1.82) is 0 Å². The summed E-state index contributed by atoms with van der Waals surface area (Å²) < 4.78 is 39.1. The number of carbonyl (C=O) groups excluding carboxylic acids is 1. The lowest BCUT2D eigenvalue weighted by Gasteiger charge is -2.10. The zero-order valence-electron chi connectivity index (χ0n) is 16.8. The number of ether oxygens (including phenoxy) is 1. The lowest BCUT2D eigenvalue weighted by molar-refractivity contribution is -0.384. The van der Waals surface area contributed by atoms with Gasteiger partial charge in [-0.05, 0) is 59.3 Å². The Morgan fingerprint density at radius 2 is 1.76 bits per heavy atom. The number of esters is 1. The number of para-hydroxylation sites is 1. The highest BCUT2D eigenvalue weighted by molar-refractivity contribution is 9.10. The highest BCUT2D eigenvalue weighted by Gasteiger charge is 2.33. The Bertz CT molecular complexity index is 1460. The molecule has 10 nitrogen and oxygen atoms in total. The topological polar surface area (TPSA) is 135 Å². The van der Waals surface area contributed by atoms with Crippen LogP contribution in [0.2, 0.25) is 0 Å². The quantitative estimate of drug-likeness (QED) is 0.201. The van der Waals surface area contributed by atoms with Gasteiger partial charge in [-0.1, -0.05) is 18.2 Å². The summed E-state index contributed by atoms with van der Waals surface area (Å²) in [6.45, 7) is 1.46. The van der Waals surface area contributed by atoms with Gasteiger partial charge >= 0.3 is 5.97 Å². The maximum atomic E-state index is 13.5. The molecule has 0 amide bonds. The summed E-state index contributed by atoms with van der Waals surface area (Å²) in [5.74, 6) is -1.42. The van der Waals surface area contributed by atoms with Gasteiger partial charge in [0.25, 0.3) is 5.69 Å². The average molecular weight is 532 g/mol. The zero-order valence-corrected chi connectivity index (χ0v) is 19.2. The number of sulfone groups is 1. The van der Waals surface area contributed by atoms with Gasteiger partial charge in [-0.15, -0.1) is 0 Å². The molecule has 12 heteroatoms. The molecule has 0 bridgehead atoms. The highest BCUT2D eigenvalue weighted by Crippen LogP contribution is 2.35. The first-order chi connectivity index (χ1) is 15.7. The second-order valence-electron chi connectivity index (χ2n) is 6.71. The molecular weight excluding hydrogens is 518 g/mol. The van der Waals surface area contributed by atoms with E-state index in [1.54, 1.807) is 30.3 Å². The minimum atomic E-state index is -4.28. The third-order valence-corrected chi connectivity index (χ3v) is 6.88. The van der Waals surface area contributed by atoms with E-state index in [1.807, 2.05) is 0 Å². The van der Waals surface area contributed by atoms with Gasteiger partial charge in [-0.3, -0.25) is 10.1 Å². The van der Waals surface area contributed by atoms with Crippen LogP contribution in [0.25, 0.3) is 5.69 Å². The van der Waals surface area contributed by atoms with Crippen LogP contribution < -0.4 is 4.74 Å². The first kappa shape index (κ1) is 22.4. The predicted molar refractivity (Wildman–Crippen MR) is 118 cm³/mol. The van der Waals surface area contributed by atoms with Crippen LogP contribution in [0.5, 0.6) is 5.88 Å². The fourth-order valence-electron chi connectivity index (χ4n) is 3.06. The highest BCUT2D eigenvalue weighted by atomic mass is 79.9. The molecule has 168 valence electrons. The molecule has 0 aliphatic heterocycles. The molecule has 0 spiro atoms. The van der Waals surface area contributed by atoms with E-state index >= 15 is 0 Å². The molecule has 0 fully saturated rings. The Morgan fingerprint density at radius 1 is 1.09 bits per heavy atom. The van der Waals surface area contributed by atoms with Crippen LogP contribution in [0.1, 0.15) is 16.2 Å². The summed E-state index contributed by atoms with van der Waals surface area (Å²) in [5.41, 5.74) is 0.260. The number of furan rings is 1. The van der Waals surface area contributed by atoms with Gasteiger partial charge in [0.2, 0.25) is 21.5 Å². The third kappa shape index (κ3) is 4.30. The Hall–Kier alpha value is -3.77. The van der Waals surface area contributed by atoms with Crippen molar-refractivity contribution in [3.8, 4) is 11.6 Å². The van der Waals surface area contributed by atoms with E-state index in [1.165, 1.54) is 23.7 Å². The minimum absolute atomic E-state index is 0.0700. The van der Waals surface area contributed by atoms with Crippen LogP contribution >= 0.6 is 15.9 Å². The van der Waals surface area contributed by atoms with E-state index in [9.17, 15) is 23.3 Å². The number of halogens is 1. The molecule has 0 saturated carbocycles. The molecule has 0 atom stereocenters. The van der Waals surface area contributed by atoms with E-state index in [2.05, 4.69) is 21.0 Å². The summed E-state index contributed by atoms with van der Waals surface area (Å²) >= 11 is 3.10. The van der Waals surface area contributed by atoms with Crippen molar-refractivity contribution in [2.75, 3.05) is 0 Å². The number of benzene rings is 2. The molecule has 0 saturated heterocycles. The number of carbonyl (C=O) groups is 1. The molecule has 2 aromatic heterocycles. The summed E-state index contributed by atoms with van der Waals surface area (Å²) in [6.07, 6.45) is 0. The molecule has 0 aliphatic rings. The number of non-ortho nitro benzene ring substituents is 1. The molecule has 33 heavy (non-hydrogen) atoms. The number of nitrogens with zero attached hydrogens (tertiary/aromatic N) is 3. The second-order valence-corrected chi connectivity index (χ2v) is 9.38. The zero-order chi connectivity index (χ0) is 23.8. The maximum Gasteiger partial charge on any atom is 0.381 e. The van der Waals surface area contributed by atoms with Gasteiger partial charge in [0.1, 0.15) is 0 Å². The van der Waals surface area contributed by atoms with Gasteiger partial charge in [0.05, 0.1) is 21.2 Å². The molecular formula is C21H14BrN3O7S. The molecule has 4 aromatic rings. The van der Waals surface area contributed by atoms with E-state index in [0.717, 1.165) is 24.3 Å². The number of aromatic nitrogens is 2. The van der Waals surface area contributed by atoms with Gasteiger partial charge in [0, 0.05) is 12.1 Å². The number of nitro benzene ring substituents is 1. The first-order valence-corrected chi connectivity index (χ1v) is 11.6. The van der Waals surface area contributed by atoms with Crippen LogP contribution in [-0.4, -0.2) is 29.1 Å². The monoisotopic (exact) mass is 531 g/mol. The smallest absolute Gasteiger partial charge is 0.381 e. The number of rotatable bonds is 6. The van der Waals surface area contributed by atoms with Gasteiger partial charge < -0.3 is 9.15 Å². The molecule has 0 radical (unpaired) electrons. The Balaban J connectivity index is 1.87. The first-order valence-electron chi connectivity index (χ1n) is 9.30. The molecule has 0 N–H and O–H groups in total. The molecule has 2 aromatic carbocycles. The van der Waals surface area contributed by atoms with Crippen molar-refractivity contribution in [3.05, 3.63) is 93.0 Å². The van der Waals surface area contributed by atoms with Gasteiger partial charge in [-0.2, -0.15) is 9.78 Å². The fourth-order valence-corrected chi connectivity index (χ4v) is 4.89. The number of hydrogen-bond donors (Lipinski definition) is 0. The van der Waals surface area contributed by atoms with Crippen LogP contribution in [0.3, 0.4) is 0 Å². The van der Waals surface area contributed by atoms with E-state index in [0.29, 0.717) is 10.4 Å². The Labute approximate surface area is 195 Å². The van der Waals surface area contributed by atoms with Crippen LogP contribution in [0.4, 0.5) is 5.69 Å². The normalized spacial score (nSPS) is 11.3. The van der Waals surface area contributed by atoms with Crippen molar-refractivity contribution in [2.45, 2.75) is 16.7 Å². The lowest BCUT2D eigenvalue weighted by atomic mass is 10.3. The van der Waals surface area contributed by atoms with E-state index in [4.69, 9.17) is 9.15 Å². The third-order valence-electron chi connectivity index (χ3n) is 4.56. The summed E-state index contributed by atoms with van der Waals surface area (Å²) in [6, 6.07) is 15.8. The van der Waals surface area contributed by atoms with Crippen molar-refractivity contribution < 1.29 is 27.3 Å². The molecule has 2 heterocycles. The minimum Gasteiger partial charge on any atom is -0.442 e. The average Bonchev–Trinajstić information content (AvgIpc) is 3.37. The van der Waals surface area contributed by atoms with E-state index in [-0.39, 0.29) is 32.8 Å². The van der Waals surface area contributed by atoms with E-state index < -0.39 is 20.7 Å². The molecule has 0 aliphatic carbocycles. The SMILES string of the molecule is Cc1nn(-c2ccccc2)c(OC(=O)c2ccc(Br)o2)c1S(=O)(=O)c1ccc([N+](=O)[O-])cc1. The van der Waals surface area contributed by atoms with Crippen molar-refractivity contribution in [3.63, 3.8) is 0 Å². The fraction of sp³-hybridized carbons (Fsp3) is 0.0476. The molecule has 0 unspecified atom stereocenters. The van der Waals surface area contributed by atoms with Crippen molar-refractivity contribution in [1.82, 2.24) is 9.78 Å². The lowest BCUT2D eigenvalue weighted by Crippen LogP contribution is -2.14. The predicted octanol–water partition coefficient (Wildman–Crippen LogP) is 4.50. The second kappa shape index (κ2) is 8.64. The van der Waals surface area contributed by atoms with Gasteiger partial charge in [0.15, 0.2) is 9.56 Å². The van der Waals surface area contributed by atoms with Crippen molar-refractivity contribution >= 4 is 37.4 Å². The Morgan fingerprint density at radius 3 is 2.33 bits per heavy atom. The van der Waals surface area contributed by atoms with Gasteiger partial charge in [-0.25, -0.2) is 13.2 Å². The van der Waals surface area contributed by atoms with Crippen LogP contribution in [0, 0.1) is 17.0 Å². The summed E-state index contributed by atoms with van der Waals surface area (Å²) in [5, 5.41) is 15.2. The number of aryl methyl sites for hydroxylation is 1. The summed E-state index contributed by atoms with van der Waals surface area (Å²) in [4.78, 5) is 22.4. The standard InChI is InChI=1S/C21H14BrN3O7S/c1-13-19(33(29,30)16-9-7-15(8-10-16)25(27)28)20(24(23-13)14-5-3-2-4-6-14)32-21(26)17-11-12-18(22)31-17/h2-12H,1H3. The number of nitro groups is 1. The van der Waals surface area contributed by atoms with Crippen LogP contribution in [0.15, 0.2) is 85.6 Å². The summed E-state index contributed by atoms with van der Waals surface area (Å²) in [7, 11) is -4.28. The maximum absolute atomic E-state index is 13.5. The largest absolute Gasteiger partial charge is 0.442 e. The molecule has 4 rings (SSSR count). The number of hydrogen-bond acceptors (Lipinski definition) is 8.